The Hall–Kier alpha value is -0.740. The van der Waals surface area contributed by atoms with E-state index in [1.54, 1.807) is 6.08 Å². The van der Waals surface area contributed by atoms with Gasteiger partial charge in [-0.2, -0.15) is 0 Å². The van der Waals surface area contributed by atoms with Crippen LogP contribution in [0, 0.1) is 0 Å². The van der Waals surface area contributed by atoms with Gasteiger partial charge in [0.05, 0.1) is 0 Å². The van der Waals surface area contributed by atoms with Gasteiger partial charge >= 0.3 is 11.9 Å². The second-order valence-electron chi connectivity index (χ2n) is 4.69. The molecule has 0 amide bonds. The zero-order chi connectivity index (χ0) is 16.1. The third-order valence-electron chi connectivity index (χ3n) is 2.77. The Morgan fingerprint density at radius 2 is 1.81 bits per heavy atom. The number of hydrogen-bond donors (Lipinski definition) is 0. The number of carbonyl (C=O) groups is 2. The Morgan fingerprint density at radius 1 is 1.14 bits per heavy atom. The molecule has 0 rings (SSSR count). The van der Waals surface area contributed by atoms with E-state index in [4.69, 9.17) is 32.7 Å². The Labute approximate surface area is 136 Å². The number of unbranched alkanes of at least 4 members (excludes halogenated alkanes) is 2. The van der Waals surface area contributed by atoms with Crippen molar-refractivity contribution in [2.24, 2.45) is 0 Å². The highest BCUT2D eigenvalue weighted by Crippen LogP contribution is 2.10. The molecule has 1 atom stereocenters. The molecule has 0 saturated carbocycles. The normalized spacial score (nSPS) is 12.0. The monoisotopic (exact) mass is 338 g/mol. The van der Waals surface area contributed by atoms with Gasteiger partial charge in [-0.3, -0.25) is 9.59 Å². The van der Waals surface area contributed by atoms with Crippen LogP contribution in [0.2, 0.25) is 0 Å². The SMILES string of the molecule is C=CC(CCCCC)OC(=O)CCCC(=O)OCC(Cl)Cl. The summed E-state index contributed by atoms with van der Waals surface area (Å²) in [6.45, 7) is 5.74. The summed E-state index contributed by atoms with van der Waals surface area (Å²) in [6.07, 6.45) is 6.12. The summed E-state index contributed by atoms with van der Waals surface area (Å²) in [5.74, 6) is -0.742. The number of carbonyl (C=O) groups excluding carboxylic acids is 2. The summed E-state index contributed by atoms with van der Waals surface area (Å²) in [5, 5.41) is 0. The highest BCUT2D eigenvalue weighted by molar-refractivity contribution is 6.44. The minimum atomic E-state index is -0.726. The predicted octanol–water partition coefficient (Wildman–Crippen LogP) is 4.18. The first-order chi connectivity index (χ1) is 9.99. The van der Waals surface area contributed by atoms with Gasteiger partial charge in [-0.25, -0.2) is 0 Å². The summed E-state index contributed by atoms with van der Waals surface area (Å²) < 4.78 is 10.1. The van der Waals surface area contributed by atoms with Gasteiger partial charge in [-0.05, 0) is 19.3 Å². The lowest BCUT2D eigenvalue weighted by Gasteiger charge is -2.13. The number of ether oxygens (including phenoxy) is 2. The van der Waals surface area contributed by atoms with Crippen LogP contribution in [0.15, 0.2) is 12.7 Å². The van der Waals surface area contributed by atoms with Crippen LogP contribution in [-0.4, -0.2) is 29.5 Å². The Bertz CT molecular complexity index is 319. The maximum Gasteiger partial charge on any atom is 0.306 e. The molecule has 0 radical (unpaired) electrons. The van der Waals surface area contributed by atoms with Crippen LogP contribution in [-0.2, 0) is 19.1 Å². The van der Waals surface area contributed by atoms with Crippen molar-refractivity contribution < 1.29 is 19.1 Å². The summed E-state index contributed by atoms with van der Waals surface area (Å²) in [6, 6.07) is 0. The topological polar surface area (TPSA) is 52.6 Å². The quantitative estimate of drug-likeness (QED) is 0.232. The van der Waals surface area contributed by atoms with Crippen LogP contribution in [0.3, 0.4) is 0 Å². The molecule has 6 heteroatoms. The molecular formula is C15H24Cl2O4. The van der Waals surface area contributed by atoms with Gasteiger partial charge in [-0.15, -0.1) is 23.2 Å². The van der Waals surface area contributed by atoms with Gasteiger partial charge in [0.1, 0.15) is 17.5 Å². The largest absolute Gasteiger partial charge is 0.463 e. The maximum atomic E-state index is 11.6. The van der Waals surface area contributed by atoms with E-state index >= 15 is 0 Å². The number of alkyl halides is 2. The summed E-state index contributed by atoms with van der Waals surface area (Å²) >= 11 is 10.9. The van der Waals surface area contributed by atoms with E-state index in [9.17, 15) is 9.59 Å². The standard InChI is InChI=1S/C15H24Cl2O4/c1-3-5-6-8-12(4-2)21-15(19)10-7-9-14(18)20-11-13(16)17/h4,12-13H,2-3,5-11H2,1H3. The molecule has 0 heterocycles. The van der Waals surface area contributed by atoms with Gasteiger partial charge in [0.25, 0.3) is 0 Å². The van der Waals surface area contributed by atoms with Crippen molar-refractivity contribution in [2.45, 2.75) is 62.8 Å². The Morgan fingerprint density at radius 3 is 2.38 bits per heavy atom. The molecule has 21 heavy (non-hydrogen) atoms. The van der Waals surface area contributed by atoms with Crippen LogP contribution >= 0.6 is 23.2 Å². The molecule has 0 aromatic carbocycles. The summed E-state index contributed by atoms with van der Waals surface area (Å²) in [5.41, 5.74) is 0. The zero-order valence-electron chi connectivity index (χ0n) is 12.5. The minimum absolute atomic E-state index is 0.0393. The van der Waals surface area contributed by atoms with Crippen molar-refractivity contribution >= 4 is 35.1 Å². The molecule has 0 aliphatic heterocycles. The fourth-order valence-electron chi connectivity index (χ4n) is 1.65. The second-order valence-corrected chi connectivity index (χ2v) is 5.96. The van der Waals surface area contributed by atoms with E-state index in [0.717, 1.165) is 25.7 Å². The van der Waals surface area contributed by atoms with Crippen molar-refractivity contribution in [3.63, 3.8) is 0 Å². The third-order valence-corrected chi connectivity index (χ3v) is 3.02. The van der Waals surface area contributed by atoms with Crippen LogP contribution in [0.1, 0.15) is 51.9 Å². The molecule has 0 aliphatic carbocycles. The molecule has 4 nitrogen and oxygen atoms in total. The lowest BCUT2D eigenvalue weighted by atomic mass is 10.1. The molecule has 0 bridgehead atoms. The number of halogens is 2. The minimum Gasteiger partial charge on any atom is -0.463 e. The molecular weight excluding hydrogens is 315 g/mol. The lowest BCUT2D eigenvalue weighted by Crippen LogP contribution is -2.16. The molecule has 0 N–H and O–H groups in total. The first-order valence-electron chi connectivity index (χ1n) is 7.25. The Balaban J connectivity index is 3.77. The first-order valence-corrected chi connectivity index (χ1v) is 8.12. The molecule has 0 aromatic rings. The number of rotatable bonds is 12. The van der Waals surface area contributed by atoms with Crippen molar-refractivity contribution in [3.8, 4) is 0 Å². The molecule has 1 unspecified atom stereocenters. The smallest absolute Gasteiger partial charge is 0.306 e. The van der Waals surface area contributed by atoms with Crippen molar-refractivity contribution in [3.05, 3.63) is 12.7 Å². The fraction of sp³-hybridized carbons (Fsp3) is 0.733. The van der Waals surface area contributed by atoms with Crippen LogP contribution < -0.4 is 0 Å². The Kier molecular flexibility index (Phi) is 12.5. The van der Waals surface area contributed by atoms with E-state index in [1.807, 2.05) is 0 Å². The molecule has 0 aromatic heterocycles. The van der Waals surface area contributed by atoms with Gasteiger partial charge in [0, 0.05) is 12.8 Å². The molecule has 0 spiro atoms. The highest BCUT2D eigenvalue weighted by Gasteiger charge is 2.12. The van der Waals surface area contributed by atoms with Crippen LogP contribution in [0.4, 0.5) is 0 Å². The van der Waals surface area contributed by atoms with Gasteiger partial charge in [0.2, 0.25) is 0 Å². The average molecular weight is 339 g/mol. The van der Waals surface area contributed by atoms with Crippen molar-refractivity contribution in [2.75, 3.05) is 6.61 Å². The van der Waals surface area contributed by atoms with Crippen LogP contribution in [0.25, 0.3) is 0 Å². The second kappa shape index (κ2) is 13.0. The van der Waals surface area contributed by atoms with E-state index in [-0.39, 0.29) is 31.5 Å². The number of esters is 2. The zero-order valence-corrected chi connectivity index (χ0v) is 14.0. The molecule has 122 valence electrons. The van der Waals surface area contributed by atoms with Gasteiger partial charge < -0.3 is 9.47 Å². The average Bonchev–Trinajstić information content (AvgIpc) is 2.44. The first kappa shape index (κ1) is 20.3. The highest BCUT2D eigenvalue weighted by atomic mass is 35.5. The molecule has 0 saturated heterocycles. The third kappa shape index (κ3) is 12.7. The maximum absolute atomic E-state index is 11.6. The number of hydrogen-bond acceptors (Lipinski definition) is 4. The van der Waals surface area contributed by atoms with E-state index in [2.05, 4.69) is 13.5 Å². The van der Waals surface area contributed by atoms with E-state index in [0.29, 0.717) is 6.42 Å². The summed E-state index contributed by atoms with van der Waals surface area (Å²) in [4.78, 5) is 22.2. The van der Waals surface area contributed by atoms with Crippen molar-refractivity contribution in [1.29, 1.82) is 0 Å². The summed E-state index contributed by atoms with van der Waals surface area (Å²) in [7, 11) is 0. The van der Waals surface area contributed by atoms with Crippen molar-refractivity contribution in [1.82, 2.24) is 0 Å². The van der Waals surface area contributed by atoms with E-state index < -0.39 is 10.8 Å². The van der Waals surface area contributed by atoms with Gasteiger partial charge in [0.15, 0.2) is 0 Å². The molecule has 0 fully saturated rings. The molecule has 0 aliphatic rings. The van der Waals surface area contributed by atoms with E-state index in [1.165, 1.54) is 0 Å². The fourth-order valence-corrected chi connectivity index (χ4v) is 1.78. The van der Waals surface area contributed by atoms with Crippen LogP contribution in [0.5, 0.6) is 0 Å². The van der Waals surface area contributed by atoms with Gasteiger partial charge in [-0.1, -0.05) is 32.4 Å². The lowest BCUT2D eigenvalue weighted by molar-refractivity contribution is -0.147. The predicted molar refractivity (Wildman–Crippen MR) is 84.5 cm³/mol.